The number of ether oxygens (including phenoxy) is 1. The van der Waals surface area contributed by atoms with Gasteiger partial charge in [0, 0.05) is 36.0 Å². The number of nitrogens with zero attached hydrogens (tertiary/aromatic N) is 4. The number of nitrogens with two attached hydrogens (primary N) is 1. The Morgan fingerprint density at radius 1 is 1.18 bits per heavy atom. The molecule has 0 radical (unpaired) electrons. The van der Waals surface area contributed by atoms with Gasteiger partial charge >= 0.3 is 12.0 Å². The molecule has 0 bridgehead atoms. The van der Waals surface area contributed by atoms with E-state index in [1.54, 1.807) is 24.3 Å². The number of methoxy groups -OCH3 is 1. The maximum absolute atomic E-state index is 14.1. The van der Waals surface area contributed by atoms with Crippen LogP contribution in [0.15, 0.2) is 42.5 Å². The number of hydrogen-bond acceptors (Lipinski definition) is 7. The Bertz CT molecular complexity index is 1320. The summed E-state index contributed by atoms with van der Waals surface area (Å²) in [5, 5.41) is 9.73. The number of benzene rings is 2. The fourth-order valence-electron chi connectivity index (χ4n) is 5.10. The summed E-state index contributed by atoms with van der Waals surface area (Å²) >= 11 is 12.3. The van der Waals surface area contributed by atoms with Gasteiger partial charge in [-0.05, 0) is 42.3 Å². The summed E-state index contributed by atoms with van der Waals surface area (Å²) in [6.45, 7) is 0.0571. The molecule has 3 atom stereocenters. The minimum absolute atomic E-state index is 0.0497. The highest BCUT2D eigenvalue weighted by atomic mass is 35.5. The van der Waals surface area contributed by atoms with Gasteiger partial charge in [-0.15, -0.1) is 0 Å². The highest BCUT2D eigenvalue weighted by Crippen LogP contribution is 2.46. The third kappa shape index (κ3) is 4.69. The zero-order valence-electron chi connectivity index (χ0n) is 20.7. The Morgan fingerprint density at radius 3 is 2.39 bits per heavy atom. The van der Waals surface area contributed by atoms with Crippen LogP contribution in [-0.4, -0.2) is 72.4 Å². The second-order valence-electron chi connectivity index (χ2n) is 9.26. The Morgan fingerprint density at radius 2 is 1.82 bits per heavy atom. The van der Waals surface area contributed by atoms with E-state index in [9.17, 15) is 24.4 Å². The topological polar surface area (TPSA) is 137 Å². The van der Waals surface area contributed by atoms with Gasteiger partial charge in [0.15, 0.2) is 0 Å². The maximum atomic E-state index is 14.1. The van der Waals surface area contributed by atoms with Gasteiger partial charge in [0.25, 0.3) is 5.91 Å². The zero-order valence-corrected chi connectivity index (χ0v) is 22.2. The molecule has 2 N–H and O–H groups in total. The number of amides is 4. The Labute approximate surface area is 229 Å². The van der Waals surface area contributed by atoms with E-state index in [2.05, 4.69) is 10.8 Å². The number of carbonyl (C=O) groups is 4. The van der Waals surface area contributed by atoms with Gasteiger partial charge < -0.3 is 20.3 Å². The lowest BCUT2D eigenvalue weighted by Gasteiger charge is -2.33. The second kappa shape index (κ2) is 10.6. The van der Waals surface area contributed by atoms with Crippen molar-refractivity contribution in [2.45, 2.75) is 30.3 Å². The van der Waals surface area contributed by atoms with E-state index in [0.29, 0.717) is 11.1 Å². The van der Waals surface area contributed by atoms with Crippen molar-refractivity contribution < 1.29 is 23.9 Å². The number of imide groups is 1. The number of nitriles is 1. The molecule has 2 fully saturated rings. The molecule has 2 saturated heterocycles. The molecule has 2 aliphatic rings. The molecule has 10 nitrogen and oxygen atoms in total. The average Bonchev–Trinajstić information content (AvgIpc) is 3.39. The molecule has 4 rings (SSSR count). The van der Waals surface area contributed by atoms with Crippen molar-refractivity contribution in [2.75, 3.05) is 32.1 Å². The van der Waals surface area contributed by atoms with E-state index in [0.717, 1.165) is 4.90 Å². The van der Waals surface area contributed by atoms with Crippen LogP contribution in [0.1, 0.15) is 29.9 Å². The lowest BCUT2D eigenvalue weighted by atomic mass is 9.80. The summed E-state index contributed by atoms with van der Waals surface area (Å²) in [7, 11) is 2.73. The van der Waals surface area contributed by atoms with Crippen LogP contribution in [0.5, 0.6) is 0 Å². The van der Waals surface area contributed by atoms with Crippen LogP contribution in [-0.2, 0) is 19.1 Å². The van der Waals surface area contributed by atoms with Gasteiger partial charge in [0.2, 0.25) is 5.91 Å². The Balaban J connectivity index is 1.72. The highest BCUT2D eigenvalue weighted by molar-refractivity contribution is 6.35. The summed E-state index contributed by atoms with van der Waals surface area (Å²) in [5.74, 6) is -2.08. The van der Waals surface area contributed by atoms with Crippen molar-refractivity contribution in [3.05, 3.63) is 63.6 Å². The minimum atomic E-state index is -1.43. The fourth-order valence-corrected chi connectivity index (χ4v) is 5.62. The van der Waals surface area contributed by atoms with Crippen molar-refractivity contribution in [1.29, 1.82) is 5.26 Å². The first kappa shape index (κ1) is 27.4. The van der Waals surface area contributed by atoms with Crippen LogP contribution in [0.2, 0.25) is 10.0 Å². The number of likely N-dealkylation sites (tertiary alicyclic amines) is 1. The normalized spacial score (nSPS) is 21.7. The standard InChI is InChI=1S/C26H25Cl2N5O5/c1-31-25(37)33(19-10-17(27)9-18(28)11-19)24(36)26(31)14-32(22(34)8-7-21(30)23(35)38-2)13-20(26)16-5-3-15(12-29)4-6-16/h3-6,9-11,20-21H,7-8,13-14,30H2,1-2H3/t20-,21+,26+/m0/s1. The molecule has 12 heteroatoms. The van der Waals surface area contributed by atoms with Crippen molar-refractivity contribution in [3.8, 4) is 6.07 Å². The molecule has 2 aliphatic heterocycles. The summed E-state index contributed by atoms with van der Waals surface area (Å²) in [6.07, 6.45) is 0.0122. The third-order valence-electron chi connectivity index (χ3n) is 7.14. The van der Waals surface area contributed by atoms with Crippen LogP contribution in [0.3, 0.4) is 0 Å². The van der Waals surface area contributed by atoms with Gasteiger partial charge in [-0.1, -0.05) is 35.3 Å². The summed E-state index contributed by atoms with van der Waals surface area (Å²) in [5.41, 5.74) is 5.70. The summed E-state index contributed by atoms with van der Waals surface area (Å²) in [4.78, 5) is 56.4. The lowest BCUT2D eigenvalue weighted by Crippen LogP contribution is -2.54. The van der Waals surface area contributed by atoms with Crippen LogP contribution >= 0.6 is 23.2 Å². The van der Waals surface area contributed by atoms with E-state index in [1.165, 1.54) is 42.2 Å². The number of hydrogen-bond donors (Lipinski definition) is 1. The predicted molar refractivity (Wildman–Crippen MR) is 140 cm³/mol. The summed E-state index contributed by atoms with van der Waals surface area (Å²) in [6, 6.07) is 11.6. The van der Waals surface area contributed by atoms with Gasteiger partial charge in [-0.25, -0.2) is 9.69 Å². The van der Waals surface area contributed by atoms with E-state index in [4.69, 9.17) is 28.9 Å². The van der Waals surface area contributed by atoms with Crippen LogP contribution in [0.4, 0.5) is 10.5 Å². The van der Waals surface area contributed by atoms with Gasteiger partial charge in [-0.3, -0.25) is 14.4 Å². The number of rotatable bonds is 6. The molecule has 0 saturated carbocycles. The van der Waals surface area contributed by atoms with E-state index < -0.39 is 35.4 Å². The molecule has 2 aromatic rings. The molecule has 0 aliphatic carbocycles. The number of halogens is 2. The first-order chi connectivity index (χ1) is 18.0. The maximum Gasteiger partial charge on any atom is 0.332 e. The molecule has 0 aromatic heterocycles. The fraction of sp³-hybridized carbons (Fsp3) is 0.346. The van der Waals surface area contributed by atoms with Crippen LogP contribution in [0.25, 0.3) is 0 Å². The van der Waals surface area contributed by atoms with E-state index >= 15 is 0 Å². The average molecular weight is 558 g/mol. The molecule has 1 spiro atoms. The SMILES string of the molecule is COC(=O)[C@H](N)CCC(=O)N1C[C@@H](c2ccc(C#N)cc2)[C@]2(C1)C(=O)N(c1cc(Cl)cc(Cl)c1)C(=O)N2C. The first-order valence-corrected chi connectivity index (χ1v) is 12.5. The highest BCUT2D eigenvalue weighted by Gasteiger charge is 2.64. The number of likely N-dealkylation sites (N-methyl/N-ethyl adjacent to an activating group) is 1. The lowest BCUT2D eigenvalue weighted by molar-refractivity contribution is -0.142. The Kier molecular flexibility index (Phi) is 7.65. The molecule has 4 amide bonds. The second-order valence-corrected chi connectivity index (χ2v) is 10.1. The van der Waals surface area contributed by atoms with Gasteiger partial charge in [0.1, 0.15) is 11.6 Å². The van der Waals surface area contributed by atoms with Gasteiger partial charge in [0.05, 0.1) is 31.0 Å². The minimum Gasteiger partial charge on any atom is -0.468 e. The molecular weight excluding hydrogens is 533 g/mol. The molecule has 0 unspecified atom stereocenters. The van der Waals surface area contributed by atoms with Crippen LogP contribution in [0, 0.1) is 11.3 Å². The van der Waals surface area contributed by atoms with Gasteiger partial charge in [-0.2, -0.15) is 5.26 Å². The molecule has 2 heterocycles. The van der Waals surface area contributed by atoms with Crippen molar-refractivity contribution in [1.82, 2.24) is 9.80 Å². The molecule has 2 aromatic carbocycles. The quantitative estimate of drug-likeness (QED) is 0.425. The molecule has 38 heavy (non-hydrogen) atoms. The number of esters is 1. The number of carbonyl (C=O) groups excluding carboxylic acids is 4. The van der Waals surface area contributed by atoms with Crippen molar-refractivity contribution in [2.24, 2.45) is 5.73 Å². The summed E-state index contributed by atoms with van der Waals surface area (Å²) < 4.78 is 4.63. The largest absolute Gasteiger partial charge is 0.468 e. The third-order valence-corrected chi connectivity index (χ3v) is 7.57. The predicted octanol–water partition coefficient (Wildman–Crippen LogP) is 2.91. The smallest absolute Gasteiger partial charge is 0.332 e. The van der Waals surface area contributed by atoms with Crippen LogP contribution < -0.4 is 10.6 Å². The molecule has 198 valence electrons. The number of anilines is 1. The first-order valence-electron chi connectivity index (χ1n) is 11.7. The van der Waals surface area contributed by atoms with Crippen molar-refractivity contribution in [3.63, 3.8) is 0 Å². The van der Waals surface area contributed by atoms with Crippen molar-refractivity contribution >= 4 is 52.7 Å². The Hall–Kier alpha value is -3.65. The molecular formula is C26H25Cl2N5O5. The zero-order chi connectivity index (χ0) is 27.8. The van der Waals surface area contributed by atoms with E-state index in [1.807, 2.05) is 0 Å². The van der Waals surface area contributed by atoms with E-state index in [-0.39, 0.29) is 47.6 Å². The monoisotopic (exact) mass is 557 g/mol. The number of urea groups is 1.